The van der Waals surface area contributed by atoms with Crippen molar-refractivity contribution in [3.05, 3.63) is 218 Å². The molecule has 0 spiro atoms. The maximum Gasteiger partial charge on any atom is -0.00259 e. The van der Waals surface area contributed by atoms with Crippen molar-refractivity contribution >= 4 is 75.4 Å². The highest BCUT2D eigenvalue weighted by atomic mass is 14.2. The van der Waals surface area contributed by atoms with Crippen LogP contribution in [0.25, 0.3) is 120 Å². The van der Waals surface area contributed by atoms with E-state index in [2.05, 4.69) is 218 Å². The van der Waals surface area contributed by atoms with Gasteiger partial charge in [0.05, 0.1) is 0 Å². The number of hydrogen-bond acceptors (Lipinski definition) is 0. The van der Waals surface area contributed by atoms with Crippen LogP contribution >= 0.6 is 0 Å². The number of benzene rings is 12. The van der Waals surface area contributed by atoms with Gasteiger partial charge in [0.1, 0.15) is 0 Å². The van der Waals surface area contributed by atoms with E-state index in [1.165, 1.54) is 120 Å². The second kappa shape index (κ2) is 13.0. The Kier molecular flexibility index (Phi) is 7.33. The van der Waals surface area contributed by atoms with Crippen LogP contribution in [-0.2, 0) is 0 Å². The summed E-state index contributed by atoms with van der Waals surface area (Å²) < 4.78 is 0. The summed E-state index contributed by atoms with van der Waals surface area (Å²) in [6.45, 7) is 0. The lowest BCUT2D eigenvalue weighted by molar-refractivity contribution is 1.66. The van der Waals surface area contributed by atoms with Crippen molar-refractivity contribution in [2.75, 3.05) is 0 Å². The Bertz CT molecular complexity index is 3380. The minimum Gasteiger partial charge on any atom is -0.0616 e. The van der Waals surface area contributed by atoms with Crippen LogP contribution in [0.1, 0.15) is 0 Å². The summed E-state index contributed by atoms with van der Waals surface area (Å²) in [4.78, 5) is 0. The number of fused-ring (bicyclic) bond motifs is 9. The van der Waals surface area contributed by atoms with E-state index in [0.717, 1.165) is 0 Å². The van der Waals surface area contributed by atoms with E-state index >= 15 is 0 Å². The Hall–Kier alpha value is -7.54. The van der Waals surface area contributed by atoms with Crippen molar-refractivity contribution in [2.45, 2.75) is 0 Å². The van der Waals surface area contributed by atoms with E-state index in [1.807, 2.05) is 0 Å². The Morgan fingerprint density at radius 3 is 0.793 bits per heavy atom. The highest BCUT2D eigenvalue weighted by Gasteiger charge is 2.19. The molecule has 0 aliphatic rings. The van der Waals surface area contributed by atoms with Gasteiger partial charge in [0.25, 0.3) is 0 Å². The molecule has 0 aliphatic heterocycles. The molecule has 58 heavy (non-hydrogen) atoms. The topological polar surface area (TPSA) is 0 Å². The van der Waals surface area contributed by atoms with Crippen LogP contribution in [0.4, 0.5) is 0 Å². The molecule has 0 N–H and O–H groups in total. The number of rotatable bonds is 4. The van der Waals surface area contributed by atoms with Crippen molar-refractivity contribution in [1.29, 1.82) is 0 Å². The first-order valence-corrected chi connectivity index (χ1v) is 20.2. The second-order valence-electron chi connectivity index (χ2n) is 15.5. The summed E-state index contributed by atoms with van der Waals surface area (Å²) in [5, 5.41) is 17.7. The monoisotopic (exact) mass is 732 g/mol. The zero-order valence-electron chi connectivity index (χ0n) is 31.8. The summed E-state index contributed by atoms with van der Waals surface area (Å²) in [6, 6.07) is 80.9. The summed E-state index contributed by atoms with van der Waals surface area (Å²) in [5.41, 5.74) is 10.0. The fraction of sp³-hybridized carbons (Fsp3) is 0. The molecule has 0 saturated carbocycles. The SMILES string of the molecule is c1ccc2c(-c3ccc(-c4cc5cc(-c6ccc(-c7cccc8ccccc78)c7ccccc67)c6ccccc6c5c5ccccc45)c4ccccc34)cccc2c1. The standard InChI is InChI=1S/C58H36/c1-3-19-40-37(15-1)17-13-29-42(40)50-31-33-52(46-23-7-5-21-44(46)50)56-35-39-36-57(49-26-10-12-28-55(49)58(39)54-27-11-9-25-48(54)56)53-34-32-51(45-22-6-8-24-47(45)53)43-30-14-18-38-16-2-4-20-41(38)43/h1-36H. The van der Waals surface area contributed by atoms with Crippen molar-refractivity contribution < 1.29 is 0 Å². The normalized spacial score (nSPS) is 11.8. The Balaban J connectivity index is 1.12. The van der Waals surface area contributed by atoms with Gasteiger partial charge in [0.2, 0.25) is 0 Å². The molecule has 12 rings (SSSR count). The van der Waals surface area contributed by atoms with Crippen molar-refractivity contribution in [2.24, 2.45) is 0 Å². The molecule has 0 nitrogen and oxygen atoms in total. The lowest BCUT2D eigenvalue weighted by Crippen LogP contribution is -1.92. The van der Waals surface area contributed by atoms with Gasteiger partial charge in [-0.15, -0.1) is 0 Å². The molecule has 12 aromatic rings. The van der Waals surface area contributed by atoms with Gasteiger partial charge >= 0.3 is 0 Å². The Labute approximate surface area is 336 Å². The maximum atomic E-state index is 2.46. The quantitative estimate of drug-likeness (QED) is 0.158. The van der Waals surface area contributed by atoms with E-state index in [9.17, 15) is 0 Å². The Morgan fingerprint density at radius 2 is 0.414 bits per heavy atom. The molecule has 0 amide bonds. The zero-order valence-corrected chi connectivity index (χ0v) is 31.8. The first-order chi connectivity index (χ1) is 28.8. The fourth-order valence-corrected chi connectivity index (χ4v) is 9.88. The highest BCUT2D eigenvalue weighted by molar-refractivity contribution is 6.27. The van der Waals surface area contributed by atoms with Gasteiger partial charge in [-0.1, -0.05) is 206 Å². The molecule has 0 bridgehead atoms. The van der Waals surface area contributed by atoms with Gasteiger partial charge in [-0.25, -0.2) is 0 Å². The fourth-order valence-electron chi connectivity index (χ4n) is 9.88. The maximum absolute atomic E-state index is 2.46. The van der Waals surface area contributed by atoms with Crippen molar-refractivity contribution in [1.82, 2.24) is 0 Å². The van der Waals surface area contributed by atoms with E-state index in [1.54, 1.807) is 0 Å². The van der Waals surface area contributed by atoms with Crippen LogP contribution in [-0.4, -0.2) is 0 Å². The summed E-state index contributed by atoms with van der Waals surface area (Å²) in [6.07, 6.45) is 0. The second-order valence-corrected chi connectivity index (χ2v) is 15.5. The largest absolute Gasteiger partial charge is 0.0616 e. The average molecular weight is 733 g/mol. The molecular weight excluding hydrogens is 697 g/mol. The minimum atomic E-state index is 1.24. The molecule has 0 aromatic heterocycles. The van der Waals surface area contributed by atoms with E-state index in [4.69, 9.17) is 0 Å². The number of hydrogen-bond donors (Lipinski definition) is 0. The molecule has 0 fully saturated rings. The van der Waals surface area contributed by atoms with Gasteiger partial charge in [-0.05, 0) is 132 Å². The smallest absolute Gasteiger partial charge is 0.00259 e. The van der Waals surface area contributed by atoms with E-state index in [0.29, 0.717) is 0 Å². The van der Waals surface area contributed by atoms with E-state index in [-0.39, 0.29) is 0 Å². The van der Waals surface area contributed by atoms with Crippen LogP contribution in [0.2, 0.25) is 0 Å². The predicted molar refractivity (Wildman–Crippen MR) is 251 cm³/mol. The lowest BCUT2D eigenvalue weighted by atomic mass is 9.84. The molecular formula is C58H36. The molecule has 0 radical (unpaired) electrons. The first kappa shape index (κ1) is 32.7. The third-order valence-electron chi connectivity index (χ3n) is 12.4. The molecule has 0 atom stereocenters. The van der Waals surface area contributed by atoms with Crippen LogP contribution in [0.5, 0.6) is 0 Å². The molecule has 268 valence electrons. The van der Waals surface area contributed by atoms with E-state index < -0.39 is 0 Å². The lowest BCUT2D eigenvalue weighted by Gasteiger charge is -2.19. The zero-order chi connectivity index (χ0) is 38.2. The molecule has 0 unspecified atom stereocenters. The molecule has 0 saturated heterocycles. The average Bonchev–Trinajstić information content (AvgIpc) is 3.30. The van der Waals surface area contributed by atoms with Crippen molar-refractivity contribution in [3.8, 4) is 44.5 Å². The van der Waals surface area contributed by atoms with Gasteiger partial charge in [-0.2, -0.15) is 0 Å². The van der Waals surface area contributed by atoms with Gasteiger partial charge < -0.3 is 0 Å². The van der Waals surface area contributed by atoms with Crippen molar-refractivity contribution in [3.63, 3.8) is 0 Å². The summed E-state index contributed by atoms with van der Waals surface area (Å²) >= 11 is 0. The Morgan fingerprint density at radius 1 is 0.155 bits per heavy atom. The van der Waals surface area contributed by atoms with Crippen LogP contribution in [0.3, 0.4) is 0 Å². The van der Waals surface area contributed by atoms with Crippen LogP contribution in [0.15, 0.2) is 218 Å². The summed E-state index contributed by atoms with van der Waals surface area (Å²) in [7, 11) is 0. The van der Waals surface area contributed by atoms with Gasteiger partial charge in [0, 0.05) is 0 Å². The predicted octanol–water partition coefficient (Wildman–Crippen LogP) is 16.4. The molecule has 0 heterocycles. The molecule has 0 aliphatic carbocycles. The van der Waals surface area contributed by atoms with Crippen LogP contribution in [0, 0.1) is 0 Å². The molecule has 12 aromatic carbocycles. The third-order valence-corrected chi connectivity index (χ3v) is 12.4. The van der Waals surface area contributed by atoms with Gasteiger partial charge in [-0.3, -0.25) is 0 Å². The highest BCUT2D eigenvalue weighted by Crippen LogP contribution is 2.47. The first-order valence-electron chi connectivity index (χ1n) is 20.2. The summed E-state index contributed by atoms with van der Waals surface area (Å²) in [5.74, 6) is 0. The third kappa shape index (κ3) is 4.95. The molecule has 0 heteroatoms. The minimum absolute atomic E-state index is 1.24. The van der Waals surface area contributed by atoms with Gasteiger partial charge in [0.15, 0.2) is 0 Å². The van der Waals surface area contributed by atoms with Crippen LogP contribution < -0.4 is 0 Å².